The topological polar surface area (TPSA) is 92.9 Å². The molecule has 1 saturated heterocycles. The summed E-state index contributed by atoms with van der Waals surface area (Å²) in [5, 5.41) is 9.12. The van der Waals surface area contributed by atoms with Crippen LogP contribution in [-0.4, -0.2) is 42.8 Å². The van der Waals surface area contributed by atoms with Gasteiger partial charge in [0, 0.05) is 13.1 Å². The van der Waals surface area contributed by atoms with Gasteiger partial charge in [-0.1, -0.05) is 12.1 Å². The number of hydrogen-bond acceptors (Lipinski definition) is 5. The molecule has 102 valence electrons. The highest BCUT2D eigenvalue weighted by atomic mass is 16.5. The van der Waals surface area contributed by atoms with Crippen LogP contribution in [0.25, 0.3) is 0 Å². The predicted octanol–water partition coefficient (Wildman–Crippen LogP) is 0.465. The van der Waals surface area contributed by atoms with Gasteiger partial charge in [0.15, 0.2) is 0 Å². The fraction of sp³-hybridized carbons (Fsp3) is 0.385. The van der Waals surface area contributed by atoms with E-state index in [0.717, 1.165) is 0 Å². The van der Waals surface area contributed by atoms with Gasteiger partial charge in [0.1, 0.15) is 5.54 Å². The van der Waals surface area contributed by atoms with E-state index in [1.54, 1.807) is 29.2 Å². The first-order valence-electron chi connectivity index (χ1n) is 5.92. The van der Waals surface area contributed by atoms with E-state index < -0.39 is 17.5 Å². The maximum Gasteiger partial charge on any atom is 0.339 e. The fourth-order valence-electron chi connectivity index (χ4n) is 2.25. The number of carbonyl (C=O) groups excluding carboxylic acids is 1. The lowest BCUT2D eigenvalue weighted by molar-refractivity contribution is -0.142. The number of benzene rings is 1. The van der Waals surface area contributed by atoms with E-state index in [-0.39, 0.29) is 6.54 Å². The molecule has 0 amide bonds. The monoisotopic (exact) mass is 264 g/mol. The van der Waals surface area contributed by atoms with Crippen molar-refractivity contribution < 1.29 is 19.4 Å². The van der Waals surface area contributed by atoms with E-state index in [1.807, 2.05) is 0 Å². The van der Waals surface area contributed by atoms with Crippen LogP contribution in [0.15, 0.2) is 24.3 Å². The van der Waals surface area contributed by atoms with Crippen LogP contribution >= 0.6 is 0 Å². The van der Waals surface area contributed by atoms with E-state index >= 15 is 0 Å². The number of carboxylic acid groups (broad SMARTS) is 1. The van der Waals surface area contributed by atoms with Crippen LogP contribution in [0.3, 0.4) is 0 Å². The molecule has 1 aromatic carbocycles. The summed E-state index contributed by atoms with van der Waals surface area (Å²) < 4.78 is 4.72. The number of nitrogens with zero attached hydrogens (tertiary/aromatic N) is 1. The summed E-state index contributed by atoms with van der Waals surface area (Å²) in [6, 6.07) is 6.94. The first kappa shape index (κ1) is 13.4. The number of aliphatic carboxylic acids is 1. The molecule has 3 N–H and O–H groups in total. The Bertz CT molecular complexity index is 517. The SMILES string of the molecule is COC(=O)c1ccccc1N1CCC(N)(C(=O)O)C1. The molecule has 1 heterocycles. The van der Waals surface area contributed by atoms with Crippen molar-refractivity contribution in [3.8, 4) is 0 Å². The number of esters is 1. The molecule has 1 aliphatic heterocycles. The third-order valence-electron chi connectivity index (χ3n) is 3.38. The van der Waals surface area contributed by atoms with Crippen molar-refractivity contribution in [1.82, 2.24) is 0 Å². The number of para-hydroxylation sites is 1. The molecule has 1 atom stereocenters. The van der Waals surface area contributed by atoms with Crippen molar-refractivity contribution in [3.05, 3.63) is 29.8 Å². The Balaban J connectivity index is 2.30. The molecule has 1 fully saturated rings. The summed E-state index contributed by atoms with van der Waals surface area (Å²) in [6.07, 6.45) is 0.345. The summed E-state index contributed by atoms with van der Waals surface area (Å²) in [5.41, 5.74) is 5.64. The molecular weight excluding hydrogens is 248 g/mol. The Labute approximate surface area is 110 Å². The van der Waals surface area contributed by atoms with Crippen LogP contribution in [0.4, 0.5) is 5.69 Å². The van der Waals surface area contributed by atoms with Gasteiger partial charge in [-0.3, -0.25) is 4.79 Å². The highest BCUT2D eigenvalue weighted by Gasteiger charge is 2.42. The summed E-state index contributed by atoms with van der Waals surface area (Å²) in [6.45, 7) is 0.674. The Kier molecular flexibility index (Phi) is 3.44. The molecule has 0 bridgehead atoms. The average Bonchev–Trinajstić information content (AvgIpc) is 2.82. The average molecular weight is 264 g/mol. The van der Waals surface area contributed by atoms with Crippen LogP contribution in [-0.2, 0) is 9.53 Å². The van der Waals surface area contributed by atoms with Gasteiger partial charge in [0.2, 0.25) is 0 Å². The van der Waals surface area contributed by atoms with E-state index in [9.17, 15) is 9.59 Å². The Morgan fingerprint density at radius 3 is 2.68 bits per heavy atom. The largest absolute Gasteiger partial charge is 0.480 e. The van der Waals surface area contributed by atoms with Crippen molar-refractivity contribution in [1.29, 1.82) is 0 Å². The molecule has 1 aliphatic rings. The zero-order chi connectivity index (χ0) is 14.0. The minimum Gasteiger partial charge on any atom is -0.480 e. The molecule has 1 aromatic rings. The summed E-state index contributed by atoms with van der Waals surface area (Å²) in [4.78, 5) is 24.6. The normalized spacial score (nSPS) is 22.3. The molecule has 19 heavy (non-hydrogen) atoms. The second-order valence-electron chi connectivity index (χ2n) is 4.64. The number of carbonyl (C=O) groups is 2. The quantitative estimate of drug-likeness (QED) is 0.771. The van der Waals surface area contributed by atoms with E-state index in [4.69, 9.17) is 15.6 Å². The lowest BCUT2D eigenvalue weighted by Crippen LogP contribution is -2.50. The molecule has 0 aromatic heterocycles. The summed E-state index contributed by atoms with van der Waals surface area (Å²) >= 11 is 0. The van der Waals surface area contributed by atoms with Crippen LogP contribution < -0.4 is 10.6 Å². The number of hydrogen-bond donors (Lipinski definition) is 2. The fourth-order valence-corrected chi connectivity index (χ4v) is 2.25. The Morgan fingerprint density at radius 2 is 2.11 bits per heavy atom. The van der Waals surface area contributed by atoms with E-state index in [2.05, 4.69) is 0 Å². The van der Waals surface area contributed by atoms with Crippen LogP contribution in [0.5, 0.6) is 0 Å². The maximum absolute atomic E-state index is 11.7. The molecular formula is C13H16N2O4. The zero-order valence-corrected chi connectivity index (χ0v) is 10.6. The van der Waals surface area contributed by atoms with Gasteiger partial charge in [0.05, 0.1) is 18.4 Å². The molecule has 0 aliphatic carbocycles. The number of carboxylic acids is 1. The van der Waals surface area contributed by atoms with Crippen LogP contribution in [0.2, 0.25) is 0 Å². The Hall–Kier alpha value is -2.08. The second-order valence-corrected chi connectivity index (χ2v) is 4.64. The van der Waals surface area contributed by atoms with E-state index in [0.29, 0.717) is 24.2 Å². The third kappa shape index (κ3) is 2.39. The molecule has 6 nitrogen and oxygen atoms in total. The number of rotatable bonds is 3. The molecule has 2 rings (SSSR count). The first-order chi connectivity index (χ1) is 8.98. The van der Waals surface area contributed by atoms with Gasteiger partial charge < -0.3 is 20.5 Å². The molecule has 0 spiro atoms. The lowest BCUT2D eigenvalue weighted by atomic mass is 10.0. The second kappa shape index (κ2) is 4.89. The van der Waals surface area contributed by atoms with Crippen molar-refractivity contribution in [3.63, 3.8) is 0 Å². The van der Waals surface area contributed by atoms with Crippen molar-refractivity contribution in [2.45, 2.75) is 12.0 Å². The van der Waals surface area contributed by atoms with Crippen molar-refractivity contribution in [2.24, 2.45) is 5.73 Å². The Morgan fingerprint density at radius 1 is 1.42 bits per heavy atom. The summed E-state index contributed by atoms with van der Waals surface area (Å²) in [7, 11) is 1.31. The van der Waals surface area contributed by atoms with E-state index in [1.165, 1.54) is 7.11 Å². The molecule has 0 radical (unpaired) electrons. The van der Waals surface area contributed by atoms with Crippen LogP contribution in [0, 0.1) is 0 Å². The highest BCUT2D eigenvalue weighted by Crippen LogP contribution is 2.28. The number of ether oxygens (including phenoxy) is 1. The van der Waals surface area contributed by atoms with Gasteiger partial charge in [-0.2, -0.15) is 0 Å². The highest BCUT2D eigenvalue weighted by molar-refractivity contribution is 5.96. The summed E-state index contributed by atoms with van der Waals surface area (Å²) in [5.74, 6) is -1.47. The van der Waals surface area contributed by atoms with Gasteiger partial charge in [-0.15, -0.1) is 0 Å². The minimum absolute atomic E-state index is 0.177. The first-order valence-corrected chi connectivity index (χ1v) is 5.92. The number of nitrogens with two attached hydrogens (primary N) is 1. The zero-order valence-electron chi connectivity index (χ0n) is 10.6. The van der Waals surface area contributed by atoms with Gasteiger partial charge in [-0.05, 0) is 18.6 Å². The molecule has 1 unspecified atom stereocenters. The molecule has 0 saturated carbocycles. The van der Waals surface area contributed by atoms with Crippen molar-refractivity contribution >= 4 is 17.6 Å². The van der Waals surface area contributed by atoms with Gasteiger partial charge in [0.25, 0.3) is 0 Å². The molecule has 6 heteroatoms. The lowest BCUT2D eigenvalue weighted by Gasteiger charge is -2.23. The number of methoxy groups -OCH3 is 1. The standard InChI is InChI=1S/C13H16N2O4/c1-19-11(16)9-4-2-3-5-10(9)15-7-6-13(14,8-15)12(17)18/h2-5H,6-8,14H2,1H3,(H,17,18). The number of anilines is 1. The third-order valence-corrected chi connectivity index (χ3v) is 3.38. The van der Waals surface area contributed by atoms with Crippen LogP contribution in [0.1, 0.15) is 16.8 Å². The van der Waals surface area contributed by atoms with Gasteiger partial charge in [-0.25, -0.2) is 4.79 Å². The van der Waals surface area contributed by atoms with Gasteiger partial charge >= 0.3 is 11.9 Å². The minimum atomic E-state index is -1.26. The van der Waals surface area contributed by atoms with Crippen molar-refractivity contribution in [2.75, 3.05) is 25.1 Å². The predicted molar refractivity (Wildman–Crippen MR) is 69.2 cm³/mol. The maximum atomic E-state index is 11.7. The smallest absolute Gasteiger partial charge is 0.339 e.